The Morgan fingerprint density at radius 1 is 1.57 bits per heavy atom. The van der Waals surface area contributed by atoms with Crippen LogP contribution in [0.15, 0.2) is 0 Å². The molecule has 0 aliphatic heterocycles. The highest BCUT2D eigenvalue weighted by Gasteiger charge is 2.15. The van der Waals surface area contributed by atoms with Crippen LogP contribution in [0.4, 0.5) is 0 Å². The maximum absolute atomic E-state index is 10.7. The summed E-state index contributed by atoms with van der Waals surface area (Å²) >= 11 is 0. The molecule has 14 heavy (non-hydrogen) atoms. The van der Waals surface area contributed by atoms with Crippen LogP contribution in [0.5, 0.6) is 0 Å². The molecule has 1 amide bonds. The van der Waals surface area contributed by atoms with Crippen molar-refractivity contribution in [2.24, 2.45) is 5.73 Å². The molecule has 4 nitrogen and oxygen atoms in total. The Balaban J connectivity index is 1.95. The lowest BCUT2D eigenvalue weighted by molar-refractivity contribution is -0.119. The molecule has 0 aromatic carbocycles. The molecule has 0 radical (unpaired) electrons. The van der Waals surface area contributed by atoms with Crippen LogP contribution in [0.1, 0.15) is 32.6 Å². The number of primary amides is 1. The second kappa shape index (κ2) is 5.98. The minimum atomic E-state index is -0.314. The van der Waals surface area contributed by atoms with Gasteiger partial charge in [-0.25, -0.2) is 0 Å². The molecule has 1 rings (SSSR count). The molecule has 3 N–H and O–H groups in total. The number of nitrogens with two attached hydrogens (primary N) is 1. The van der Waals surface area contributed by atoms with Gasteiger partial charge in [0.2, 0.25) is 5.91 Å². The van der Waals surface area contributed by atoms with Gasteiger partial charge in [0.15, 0.2) is 0 Å². The molecule has 1 saturated carbocycles. The Morgan fingerprint density at radius 2 is 2.21 bits per heavy atom. The maximum Gasteiger partial charge on any atom is 0.234 e. The molecule has 1 atom stereocenters. The van der Waals surface area contributed by atoms with Crippen molar-refractivity contribution in [2.75, 3.05) is 13.2 Å². The molecular formula is C10H20N2O2. The Bertz CT molecular complexity index is 179. The number of nitrogens with one attached hydrogen (secondary N) is 1. The van der Waals surface area contributed by atoms with Crippen molar-refractivity contribution in [3.63, 3.8) is 0 Å². The Labute approximate surface area is 85.2 Å². The summed E-state index contributed by atoms with van der Waals surface area (Å²) in [6, 6.07) is -0.262. The van der Waals surface area contributed by atoms with Crippen LogP contribution in [0.2, 0.25) is 0 Å². The lowest BCUT2D eigenvalue weighted by Gasteiger charge is -2.13. The Hall–Kier alpha value is -0.610. The monoisotopic (exact) mass is 200 g/mol. The van der Waals surface area contributed by atoms with Crippen molar-refractivity contribution < 1.29 is 9.53 Å². The van der Waals surface area contributed by atoms with E-state index in [-0.39, 0.29) is 11.9 Å². The molecule has 0 aromatic heterocycles. The maximum atomic E-state index is 10.7. The summed E-state index contributed by atoms with van der Waals surface area (Å²) in [5.74, 6) is -0.314. The highest BCUT2D eigenvalue weighted by Crippen LogP contribution is 2.20. The fraction of sp³-hybridized carbons (Fsp3) is 0.900. The lowest BCUT2D eigenvalue weighted by atomic mass is 10.3. The van der Waals surface area contributed by atoms with Crippen LogP contribution in [0.3, 0.4) is 0 Å². The topological polar surface area (TPSA) is 64.3 Å². The van der Waals surface area contributed by atoms with Gasteiger partial charge < -0.3 is 15.8 Å². The van der Waals surface area contributed by atoms with E-state index in [1.807, 2.05) is 0 Å². The summed E-state index contributed by atoms with van der Waals surface area (Å²) in [5, 5.41) is 3.01. The van der Waals surface area contributed by atoms with Crippen LogP contribution in [0, 0.1) is 0 Å². The standard InChI is InChI=1S/C10H20N2O2/c1-8(10(11)13)12-6-7-14-9-4-2-3-5-9/h8-9,12H,2-7H2,1H3,(H2,11,13). The molecule has 0 saturated heterocycles. The smallest absolute Gasteiger partial charge is 0.234 e. The van der Waals surface area contributed by atoms with Crippen molar-refractivity contribution in [1.82, 2.24) is 5.32 Å². The van der Waals surface area contributed by atoms with Gasteiger partial charge in [-0.1, -0.05) is 12.8 Å². The summed E-state index contributed by atoms with van der Waals surface area (Å²) in [7, 11) is 0. The zero-order valence-electron chi connectivity index (χ0n) is 8.79. The number of hydrogen-bond acceptors (Lipinski definition) is 3. The molecular weight excluding hydrogens is 180 g/mol. The zero-order valence-corrected chi connectivity index (χ0v) is 8.79. The van der Waals surface area contributed by atoms with Gasteiger partial charge in [0.1, 0.15) is 0 Å². The first kappa shape index (κ1) is 11.5. The number of carbonyl (C=O) groups is 1. The van der Waals surface area contributed by atoms with Crippen molar-refractivity contribution >= 4 is 5.91 Å². The van der Waals surface area contributed by atoms with E-state index in [9.17, 15) is 4.79 Å². The molecule has 1 unspecified atom stereocenters. The number of carbonyl (C=O) groups excluding carboxylic acids is 1. The highest BCUT2D eigenvalue weighted by molar-refractivity contribution is 5.79. The van der Waals surface area contributed by atoms with E-state index in [2.05, 4.69) is 5.32 Å². The molecule has 1 fully saturated rings. The fourth-order valence-electron chi connectivity index (χ4n) is 1.66. The number of rotatable bonds is 6. The lowest BCUT2D eigenvalue weighted by Crippen LogP contribution is -2.40. The number of amides is 1. The van der Waals surface area contributed by atoms with Crippen molar-refractivity contribution in [3.8, 4) is 0 Å². The summed E-state index contributed by atoms with van der Waals surface area (Å²) in [6.07, 6.45) is 5.39. The summed E-state index contributed by atoms with van der Waals surface area (Å²) < 4.78 is 5.62. The van der Waals surface area contributed by atoms with Crippen LogP contribution in [0.25, 0.3) is 0 Å². The average Bonchev–Trinajstić information content (AvgIpc) is 2.64. The second-order valence-electron chi connectivity index (χ2n) is 3.86. The minimum absolute atomic E-state index is 0.262. The molecule has 1 aliphatic rings. The first-order chi connectivity index (χ1) is 6.70. The van der Waals surface area contributed by atoms with Gasteiger partial charge in [-0.05, 0) is 19.8 Å². The third kappa shape index (κ3) is 4.07. The Kier molecular flexibility index (Phi) is 4.90. The number of hydrogen-bond donors (Lipinski definition) is 2. The molecule has 4 heteroatoms. The van der Waals surface area contributed by atoms with Gasteiger partial charge in [0.25, 0.3) is 0 Å². The van der Waals surface area contributed by atoms with E-state index < -0.39 is 0 Å². The SMILES string of the molecule is CC(NCCOC1CCCC1)C(N)=O. The van der Waals surface area contributed by atoms with Gasteiger partial charge >= 0.3 is 0 Å². The average molecular weight is 200 g/mol. The summed E-state index contributed by atoms with van der Waals surface area (Å²) in [6.45, 7) is 3.13. The predicted octanol–water partition coefficient (Wildman–Crippen LogP) is 0.409. The van der Waals surface area contributed by atoms with E-state index >= 15 is 0 Å². The van der Waals surface area contributed by atoms with Crippen LogP contribution >= 0.6 is 0 Å². The van der Waals surface area contributed by atoms with Gasteiger partial charge in [0.05, 0.1) is 18.8 Å². The van der Waals surface area contributed by atoms with E-state index in [1.54, 1.807) is 6.92 Å². The Morgan fingerprint density at radius 3 is 2.79 bits per heavy atom. The van der Waals surface area contributed by atoms with E-state index in [1.165, 1.54) is 25.7 Å². The molecule has 82 valence electrons. The first-order valence-electron chi connectivity index (χ1n) is 5.34. The van der Waals surface area contributed by atoms with Crippen molar-refractivity contribution in [1.29, 1.82) is 0 Å². The van der Waals surface area contributed by atoms with Crippen LogP contribution in [-0.2, 0) is 9.53 Å². The highest BCUT2D eigenvalue weighted by atomic mass is 16.5. The van der Waals surface area contributed by atoms with Crippen LogP contribution < -0.4 is 11.1 Å². The van der Waals surface area contributed by atoms with E-state index in [0.717, 1.165) is 0 Å². The summed E-state index contributed by atoms with van der Waals surface area (Å²) in [4.78, 5) is 10.7. The van der Waals surface area contributed by atoms with Crippen LogP contribution in [-0.4, -0.2) is 31.2 Å². The quantitative estimate of drug-likeness (QED) is 0.610. The summed E-state index contributed by atoms with van der Waals surface area (Å²) in [5.41, 5.74) is 5.10. The molecule has 0 aromatic rings. The van der Waals surface area contributed by atoms with Gasteiger partial charge in [-0.15, -0.1) is 0 Å². The van der Waals surface area contributed by atoms with E-state index in [0.29, 0.717) is 19.3 Å². The zero-order chi connectivity index (χ0) is 10.4. The van der Waals surface area contributed by atoms with E-state index in [4.69, 9.17) is 10.5 Å². The number of ether oxygens (including phenoxy) is 1. The molecule has 1 aliphatic carbocycles. The normalized spacial score (nSPS) is 19.8. The minimum Gasteiger partial charge on any atom is -0.377 e. The third-order valence-corrected chi connectivity index (χ3v) is 2.64. The fourth-order valence-corrected chi connectivity index (χ4v) is 1.66. The first-order valence-corrected chi connectivity index (χ1v) is 5.34. The molecule has 0 spiro atoms. The van der Waals surface area contributed by atoms with Crippen molar-refractivity contribution in [3.05, 3.63) is 0 Å². The molecule has 0 heterocycles. The van der Waals surface area contributed by atoms with Crippen molar-refractivity contribution in [2.45, 2.75) is 44.8 Å². The predicted molar refractivity (Wildman–Crippen MR) is 54.9 cm³/mol. The molecule has 0 bridgehead atoms. The van der Waals surface area contributed by atoms with Gasteiger partial charge in [0, 0.05) is 6.54 Å². The largest absolute Gasteiger partial charge is 0.377 e. The van der Waals surface area contributed by atoms with Gasteiger partial charge in [-0.3, -0.25) is 4.79 Å². The van der Waals surface area contributed by atoms with Gasteiger partial charge in [-0.2, -0.15) is 0 Å². The second-order valence-corrected chi connectivity index (χ2v) is 3.86. The third-order valence-electron chi connectivity index (χ3n) is 2.64.